The molecule has 0 aliphatic rings. The summed E-state index contributed by atoms with van der Waals surface area (Å²) in [5.41, 5.74) is 4.37. The predicted molar refractivity (Wildman–Crippen MR) is 93.8 cm³/mol. The number of aryl methyl sites for hydroxylation is 1. The van der Waals surface area contributed by atoms with Crippen LogP contribution in [-0.4, -0.2) is 34.5 Å². The molecule has 0 aliphatic heterocycles. The number of aliphatic hydroxyl groups is 1. The molecule has 128 valence electrons. The molecule has 0 saturated heterocycles. The van der Waals surface area contributed by atoms with Crippen molar-refractivity contribution in [2.75, 3.05) is 18.6 Å². The summed E-state index contributed by atoms with van der Waals surface area (Å²) in [6.07, 6.45) is 2.87. The summed E-state index contributed by atoms with van der Waals surface area (Å²) in [5, 5.41) is 13.0. The number of aromatic nitrogens is 2. The Morgan fingerprint density at radius 1 is 1.38 bits per heavy atom. The topological polar surface area (TPSA) is 99.6 Å². The Morgan fingerprint density at radius 3 is 2.75 bits per heavy atom. The van der Waals surface area contributed by atoms with Gasteiger partial charge in [0.25, 0.3) is 5.56 Å². The normalized spacial score (nSPS) is 11.0. The molecule has 7 heteroatoms. The zero-order valence-electron chi connectivity index (χ0n) is 13.9. The quantitative estimate of drug-likeness (QED) is 0.507. The molecule has 0 spiro atoms. The Balaban J connectivity index is 2.00. The van der Waals surface area contributed by atoms with Gasteiger partial charge in [0, 0.05) is 18.6 Å². The van der Waals surface area contributed by atoms with E-state index in [1.807, 2.05) is 24.3 Å². The molecule has 0 aliphatic carbocycles. The van der Waals surface area contributed by atoms with Crippen LogP contribution < -0.4 is 15.7 Å². The van der Waals surface area contributed by atoms with Crippen molar-refractivity contribution < 1.29 is 9.84 Å². The van der Waals surface area contributed by atoms with E-state index in [1.54, 1.807) is 13.1 Å². The van der Waals surface area contributed by atoms with Crippen LogP contribution in [0.15, 0.2) is 34.2 Å². The molecule has 24 heavy (non-hydrogen) atoms. The Hall–Kier alpha value is -2.67. The minimum atomic E-state index is -0.272. The first-order valence-corrected chi connectivity index (χ1v) is 7.86. The second-order valence-corrected chi connectivity index (χ2v) is 5.24. The number of hydrazone groups is 1. The molecular formula is C17H22N4O3. The third-order valence-electron chi connectivity index (χ3n) is 3.32. The van der Waals surface area contributed by atoms with Gasteiger partial charge in [-0.05, 0) is 43.2 Å². The van der Waals surface area contributed by atoms with E-state index in [1.165, 1.54) is 0 Å². The van der Waals surface area contributed by atoms with Gasteiger partial charge in [-0.1, -0.05) is 6.92 Å². The highest BCUT2D eigenvalue weighted by atomic mass is 16.5. The number of ether oxygens (including phenoxy) is 1. The van der Waals surface area contributed by atoms with E-state index < -0.39 is 0 Å². The average Bonchev–Trinajstić information content (AvgIpc) is 2.57. The van der Waals surface area contributed by atoms with Crippen LogP contribution in [0.25, 0.3) is 0 Å². The first kappa shape index (κ1) is 17.7. The van der Waals surface area contributed by atoms with Crippen LogP contribution in [0.1, 0.15) is 30.2 Å². The van der Waals surface area contributed by atoms with E-state index in [9.17, 15) is 4.79 Å². The summed E-state index contributed by atoms with van der Waals surface area (Å²) >= 11 is 0. The molecule has 7 nitrogen and oxygen atoms in total. The van der Waals surface area contributed by atoms with Gasteiger partial charge < -0.3 is 9.84 Å². The van der Waals surface area contributed by atoms with Crippen molar-refractivity contribution in [3.05, 3.63) is 51.4 Å². The lowest BCUT2D eigenvalue weighted by atomic mass is 10.2. The van der Waals surface area contributed by atoms with Gasteiger partial charge in [0.2, 0.25) is 5.95 Å². The minimum absolute atomic E-state index is 0.0888. The van der Waals surface area contributed by atoms with Crippen LogP contribution in [0.3, 0.4) is 0 Å². The number of anilines is 1. The number of aromatic amines is 1. The number of benzene rings is 1. The monoisotopic (exact) mass is 330 g/mol. The number of nitrogens with one attached hydrogen (secondary N) is 2. The van der Waals surface area contributed by atoms with Crippen LogP contribution in [0.2, 0.25) is 0 Å². The predicted octanol–water partition coefficient (Wildman–Crippen LogP) is 1.85. The molecule has 3 N–H and O–H groups in total. The van der Waals surface area contributed by atoms with Crippen LogP contribution in [-0.2, 0) is 6.42 Å². The van der Waals surface area contributed by atoms with Gasteiger partial charge in [-0.3, -0.25) is 9.78 Å². The standard InChI is InChI=1S/C17H22N4O3/c1-3-10-24-14-6-4-13(5-7-14)11-18-21-17-19-12(2)15(8-9-22)16(23)20-17/h4-7,11,22H,3,8-10H2,1-2H3,(H2,19,20,21,23)/b18-11-. The highest BCUT2D eigenvalue weighted by Crippen LogP contribution is 2.11. The average molecular weight is 330 g/mol. The molecule has 1 aromatic carbocycles. The summed E-state index contributed by atoms with van der Waals surface area (Å²) in [4.78, 5) is 18.7. The fraction of sp³-hybridized carbons (Fsp3) is 0.353. The number of rotatable bonds is 8. The molecule has 0 saturated carbocycles. The second-order valence-electron chi connectivity index (χ2n) is 5.24. The van der Waals surface area contributed by atoms with Gasteiger partial charge in [0.1, 0.15) is 5.75 Å². The Kier molecular flexibility index (Phi) is 6.51. The maximum atomic E-state index is 11.9. The van der Waals surface area contributed by atoms with Gasteiger partial charge in [-0.15, -0.1) is 0 Å². The van der Waals surface area contributed by atoms with Gasteiger partial charge in [0.15, 0.2) is 0 Å². The maximum absolute atomic E-state index is 11.9. The molecule has 1 heterocycles. The number of aliphatic hydroxyl groups excluding tert-OH is 1. The largest absolute Gasteiger partial charge is 0.494 e. The SMILES string of the molecule is CCCOc1ccc(/C=N\Nc2nc(C)c(CCO)c(=O)[nH]2)cc1. The third kappa shape index (κ3) is 4.92. The smallest absolute Gasteiger partial charge is 0.255 e. The Morgan fingerprint density at radius 2 is 2.12 bits per heavy atom. The van der Waals surface area contributed by atoms with Crippen LogP contribution in [0.4, 0.5) is 5.95 Å². The third-order valence-corrected chi connectivity index (χ3v) is 3.32. The van der Waals surface area contributed by atoms with E-state index in [2.05, 4.69) is 27.4 Å². The maximum Gasteiger partial charge on any atom is 0.255 e. The minimum Gasteiger partial charge on any atom is -0.494 e. The zero-order valence-corrected chi connectivity index (χ0v) is 13.9. The zero-order chi connectivity index (χ0) is 17.4. The molecule has 0 bridgehead atoms. The summed E-state index contributed by atoms with van der Waals surface area (Å²) in [6.45, 7) is 4.39. The van der Waals surface area contributed by atoms with Crippen molar-refractivity contribution in [1.29, 1.82) is 0 Å². The summed E-state index contributed by atoms with van der Waals surface area (Å²) in [7, 11) is 0. The van der Waals surface area contributed by atoms with Crippen molar-refractivity contribution in [2.45, 2.75) is 26.7 Å². The van der Waals surface area contributed by atoms with Crippen molar-refractivity contribution in [2.24, 2.45) is 5.10 Å². The molecular weight excluding hydrogens is 308 g/mol. The van der Waals surface area contributed by atoms with Crippen molar-refractivity contribution >= 4 is 12.2 Å². The first-order valence-electron chi connectivity index (χ1n) is 7.86. The second kappa shape index (κ2) is 8.83. The Labute approximate surface area is 140 Å². The van der Waals surface area contributed by atoms with Gasteiger partial charge in [0.05, 0.1) is 18.5 Å². The first-order chi connectivity index (χ1) is 11.6. The molecule has 0 fully saturated rings. The van der Waals surface area contributed by atoms with Crippen LogP contribution in [0, 0.1) is 6.92 Å². The van der Waals surface area contributed by atoms with Crippen molar-refractivity contribution in [1.82, 2.24) is 9.97 Å². The number of nitrogens with zero attached hydrogens (tertiary/aromatic N) is 2. The lowest BCUT2D eigenvalue weighted by Crippen LogP contribution is -2.19. The van der Waals surface area contributed by atoms with E-state index in [4.69, 9.17) is 9.84 Å². The number of hydrogen-bond acceptors (Lipinski definition) is 6. The molecule has 0 radical (unpaired) electrons. The lowest BCUT2D eigenvalue weighted by Gasteiger charge is -2.05. The number of H-pyrrole nitrogens is 1. The van der Waals surface area contributed by atoms with Gasteiger partial charge in [-0.2, -0.15) is 5.10 Å². The lowest BCUT2D eigenvalue weighted by molar-refractivity contribution is 0.298. The van der Waals surface area contributed by atoms with E-state index in [0.717, 1.165) is 17.7 Å². The van der Waals surface area contributed by atoms with E-state index >= 15 is 0 Å². The Bertz CT molecular complexity index is 738. The van der Waals surface area contributed by atoms with Crippen LogP contribution in [0.5, 0.6) is 5.75 Å². The summed E-state index contributed by atoms with van der Waals surface area (Å²) in [6, 6.07) is 7.54. The number of hydrogen-bond donors (Lipinski definition) is 3. The van der Waals surface area contributed by atoms with Crippen LogP contribution >= 0.6 is 0 Å². The van der Waals surface area contributed by atoms with Gasteiger partial charge >= 0.3 is 0 Å². The molecule has 2 rings (SSSR count). The summed E-state index contributed by atoms with van der Waals surface area (Å²) in [5.74, 6) is 1.08. The van der Waals surface area contributed by atoms with Gasteiger partial charge in [-0.25, -0.2) is 10.4 Å². The van der Waals surface area contributed by atoms with Crippen molar-refractivity contribution in [3.63, 3.8) is 0 Å². The molecule has 2 aromatic rings. The van der Waals surface area contributed by atoms with Crippen molar-refractivity contribution in [3.8, 4) is 5.75 Å². The molecule has 0 amide bonds. The van der Waals surface area contributed by atoms with E-state index in [0.29, 0.717) is 17.9 Å². The molecule has 1 aromatic heterocycles. The fourth-order valence-corrected chi connectivity index (χ4v) is 2.11. The van der Waals surface area contributed by atoms with E-state index in [-0.39, 0.29) is 24.5 Å². The summed E-state index contributed by atoms with van der Waals surface area (Å²) < 4.78 is 5.51. The fourth-order valence-electron chi connectivity index (χ4n) is 2.11. The molecule has 0 unspecified atom stereocenters. The molecule has 0 atom stereocenters. The highest BCUT2D eigenvalue weighted by molar-refractivity contribution is 5.80. The highest BCUT2D eigenvalue weighted by Gasteiger charge is 2.06.